The molecule has 2 aromatic rings. The first-order valence-electron chi connectivity index (χ1n) is 6.63. The fraction of sp³-hybridized carbons (Fsp3) is 0.429. The van der Waals surface area contributed by atoms with Crippen LogP contribution in [0.25, 0.3) is 10.8 Å². The minimum Gasteiger partial charge on any atom is -0.376 e. The van der Waals surface area contributed by atoms with E-state index in [1.807, 2.05) is 31.2 Å². The van der Waals surface area contributed by atoms with Crippen molar-refractivity contribution in [3.05, 3.63) is 30.5 Å². The molecule has 0 radical (unpaired) electrons. The van der Waals surface area contributed by atoms with Gasteiger partial charge in [0.15, 0.2) is 5.82 Å². The third kappa shape index (κ3) is 2.27. The highest BCUT2D eigenvalue weighted by atomic mass is 16.5. The maximum Gasteiger partial charge on any atom is 0.156 e. The lowest BCUT2D eigenvalue weighted by molar-refractivity contribution is -0.0127. The van der Waals surface area contributed by atoms with Gasteiger partial charge < -0.3 is 15.8 Å². The molecule has 1 fully saturated rings. The molecule has 3 rings (SSSR count). The highest BCUT2D eigenvalue weighted by molar-refractivity contribution is 5.91. The van der Waals surface area contributed by atoms with Gasteiger partial charge in [0.2, 0.25) is 0 Å². The fourth-order valence-corrected chi connectivity index (χ4v) is 2.52. The van der Waals surface area contributed by atoms with Crippen molar-refractivity contribution in [1.82, 2.24) is 10.2 Å². The number of benzene rings is 1. The van der Waals surface area contributed by atoms with Crippen molar-refractivity contribution in [1.29, 1.82) is 0 Å². The molecule has 100 valence electrons. The van der Waals surface area contributed by atoms with Crippen LogP contribution in [0.4, 0.5) is 5.82 Å². The Bertz CT molecular complexity index is 567. The summed E-state index contributed by atoms with van der Waals surface area (Å²) in [4.78, 5) is 0. The summed E-state index contributed by atoms with van der Waals surface area (Å²) in [5.74, 6) is 0.781. The van der Waals surface area contributed by atoms with Crippen molar-refractivity contribution in [3.8, 4) is 0 Å². The predicted octanol–water partition coefficient (Wildman–Crippen LogP) is 1.55. The van der Waals surface area contributed by atoms with Crippen LogP contribution in [0.2, 0.25) is 0 Å². The summed E-state index contributed by atoms with van der Waals surface area (Å²) < 4.78 is 5.65. The summed E-state index contributed by atoms with van der Waals surface area (Å²) in [6, 6.07) is 8.27. The zero-order valence-corrected chi connectivity index (χ0v) is 10.9. The van der Waals surface area contributed by atoms with Gasteiger partial charge in [-0.2, -0.15) is 5.10 Å². The Balaban J connectivity index is 1.85. The molecule has 3 atom stereocenters. The van der Waals surface area contributed by atoms with E-state index in [9.17, 15) is 0 Å². The molecule has 1 aromatic carbocycles. The third-order valence-corrected chi connectivity index (χ3v) is 3.62. The minimum atomic E-state index is 0.109. The lowest BCUT2D eigenvalue weighted by atomic mass is 9.83. The fourth-order valence-electron chi connectivity index (χ4n) is 2.52. The van der Waals surface area contributed by atoms with Crippen LogP contribution >= 0.6 is 0 Å². The molecule has 1 aromatic heterocycles. The molecule has 0 spiro atoms. The van der Waals surface area contributed by atoms with Crippen LogP contribution in [0.1, 0.15) is 13.3 Å². The molecule has 1 aliphatic carbocycles. The summed E-state index contributed by atoms with van der Waals surface area (Å²) >= 11 is 0. The molecule has 0 amide bonds. The quantitative estimate of drug-likeness (QED) is 0.870. The number of ether oxygens (including phenoxy) is 1. The molecular formula is C14H18N4O. The van der Waals surface area contributed by atoms with Crippen LogP contribution in [0.3, 0.4) is 0 Å². The van der Waals surface area contributed by atoms with E-state index in [0.29, 0.717) is 6.61 Å². The van der Waals surface area contributed by atoms with Crippen molar-refractivity contribution < 1.29 is 4.74 Å². The highest BCUT2D eigenvalue weighted by Gasteiger charge is 2.39. The Hall–Kier alpha value is -1.72. The first-order valence-corrected chi connectivity index (χ1v) is 6.63. The average molecular weight is 258 g/mol. The van der Waals surface area contributed by atoms with Crippen LogP contribution in [-0.4, -0.2) is 35.0 Å². The Morgan fingerprint density at radius 1 is 1.42 bits per heavy atom. The van der Waals surface area contributed by atoms with Gasteiger partial charge in [-0.15, -0.1) is 5.10 Å². The van der Waals surface area contributed by atoms with Crippen molar-refractivity contribution in [3.63, 3.8) is 0 Å². The molecule has 0 saturated heterocycles. The summed E-state index contributed by atoms with van der Waals surface area (Å²) in [6.45, 7) is 2.70. The van der Waals surface area contributed by atoms with Gasteiger partial charge in [0.1, 0.15) is 0 Å². The molecule has 1 aliphatic rings. The number of hydrogen-bond acceptors (Lipinski definition) is 5. The monoisotopic (exact) mass is 258 g/mol. The molecule has 5 heteroatoms. The SMILES string of the molecule is CCOC1CC(N)C1Nc1nncc2ccccc12. The first-order chi connectivity index (χ1) is 9.29. The molecule has 0 aliphatic heterocycles. The molecule has 0 bridgehead atoms. The standard InChI is InChI=1S/C14H18N4O/c1-2-19-12-7-11(15)13(12)17-14-10-6-4-3-5-9(10)8-16-18-14/h3-6,8,11-13H,2,7,15H2,1H3,(H,17,18). The summed E-state index contributed by atoms with van der Waals surface area (Å²) in [7, 11) is 0. The Labute approximate surface area is 112 Å². The summed E-state index contributed by atoms with van der Waals surface area (Å²) in [5.41, 5.74) is 6.04. The van der Waals surface area contributed by atoms with Crippen molar-refractivity contribution in [2.45, 2.75) is 31.5 Å². The number of rotatable bonds is 4. The number of nitrogens with zero attached hydrogens (tertiary/aromatic N) is 2. The topological polar surface area (TPSA) is 73.1 Å². The number of fused-ring (bicyclic) bond motifs is 1. The second kappa shape index (κ2) is 5.11. The lowest BCUT2D eigenvalue weighted by Gasteiger charge is -2.42. The molecule has 1 saturated carbocycles. The molecule has 5 nitrogen and oxygen atoms in total. The minimum absolute atomic E-state index is 0.109. The number of hydrogen-bond donors (Lipinski definition) is 2. The molecule has 1 heterocycles. The maximum absolute atomic E-state index is 6.04. The Kier molecular flexibility index (Phi) is 3.31. The van der Waals surface area contributed by atoms with E-state index in [4.69, 9.17) is 10.5 Å². The van der Waals surface area contributed by atoms with Gasteiger partial charge in [-0.25, -0.2) is 0 Å². The molecule has 3 N–H and O–H groups in total. The van der Waals surface area contributed by atoms with Crippen molar-refractivity contribution >= 4 is 16.6 Å². The van der Waals surface area contributed by atoms with Gasteiger partial charge in [0.05, 0.1) is 18.3 Å². The van der Waals surface area contributed by atoms with Crippen LogP contribution in [0.15, 0.2) is 30.5 Å². The highest BCUT2D eigenvalue weighted by Crippen LogP contribution is 2.28. The van der Waals surface area contributed by atoms with E-state index in [1.165, 1.54) is 0 Å². The third-order valence-electron chi connectivity index (χ3n) is 3.62. The van der Waals surface area contributed by atoms with E-state index >= 15 is 0 Å². The van der Waals surface area contributed by atoms with Crippen molar-refractivity contribution in [2.75, 3.05) is 11.9 Å². The van der Waals surface area contributed by atoms with E-state index in [2.05, 4.69) is 15.5 Å². The van der Waals surface area contributed by atoms with Crippen LogP contribution in [0, 0.1) is 0 Å². The van der Waals surface area contributed by atoms with Gasteiger partial charge >= 0.3 is 0 Å². The van der Waals surface area contributed by atoms with E-state index < -0.39 is 0 Å². The van der Waals surface area contributed by atoms with Crippen LogP contribution in [-0.2, 0) is 4.74 Å². The summed E-state index contributed by atoms with van der Waals surface area (Å²) in [6.07, 6.45) is 2.83. The predicted molar refractivity (Wildman–Crippen MR) is 75.0 cm³/mol. The number of anilines is 1. The van der Waals surface area contributed by atoms with Gasteiger partial charge in [0, 0.05) is 23.4 Å². The molecule has 3 unspecified atom stereocenters. The van der Waals surface area contributed by atoms with Gasteiger partial charge in [-0.1, -0.05) is 24.3 Å². The van der Waals surface area contributed by atoms with E-state index in [-0.39, 0.29) is 18.2 Å². The number of nitrogens with two attached hydrogens (primary N) is 1. The Morgan fingerprint density at radius 3 is 3.05 bits per heavy atom. The van der Waals surface area contributed by atoms with Gasteiger partial charge in [0.25, 0.3) is 0 Å². The maximum atomic E-state index is 6.04. The van der Waals surface area contributed by atoms with Crippen LogP contribution in [0.5, 0.6) is 0 Å². The van der Waals surface area contributed by atoms with E-state index in [1.54, 1.807) is 6.20 Å². The summed E-state index contributed by atoms with van der Waals surface area (Å²) in [5, 5.41) is 13.7. The zero-order valence-electron chi connectivity index (χ0n) is 10.9. The number of nitrogens with one attached hydrogen (secondary N) is 1. The second-order valence-corrected chi connectivity index (χ2v) is 4.84. The van der Waals surface area contributed by atoms with Gasteiger partial charge in [-0.05, 0) is 13.3 Å². The van der Waals surface area contributed by atoms with Gasteiger partial charge in [-0.3, -0.25) is 0 Å². The van der Waals surface area contributed by atoms with Crippen molar-refractivity contribution in [2.24, 2.45) is 5.73 Å². The molecule has 19 heavy (non-hydrogen) atoms. The van der Waals surface area contributed by atoms with Crippen LogP contribution < -0.4 is 11.1 Å². The molecular weight excluding hydrogens is 240 g/mol. The Morgan fingerprint density at radius 2 is 2.26 bits per heavy atom. The van der Waals surface area contributed by atoms with E-state index in [0.717, 1.165) is 23.0 Å². The second-order valence-electron chi connectivity index (χ2n) is 4.84. The smallest absolute Gasteiger partial charge is 0.156 e. The average Bonchev–Trinajstić information content (AvgIpc) is 2.44. The first kappa shape index (κ1) is 12.3. The zero-order chi connectivity index (χ0) is 13.2. The lowest BCUT2D eigenvalue weighted by Crippen LogP contribution is -2.60. The normalized spacial score (nSPS) is 26.1. The number of aromatic nitrogens is 2. The largest absolute Gasteiger partial charge is 0.376 e.